The Labute approximate surface area is 120 Å². The van der Waals surface area contributed by atoms with E-state index in [-0.39, 0.29) is 17.5 Å². The van der Waals surface area contributed by atoms with E-state index < -0.39 is 12.0 Å². The van der Waals surface area contributed by atoms with Crippen LogP contribution in [-0.4, -0.2) is 41.1 Å². The second-order valence-electron chi connectivity index (χ2n) is 4.68. The molecule has 1 saturated carbocycles. The van der Waals surface area contributed by atoms with Crippen LogP contribution in [0.25, 0.3) is 0 Å². The van der Waals surface area contributed by atoms with Crippen LogP contribution in [0.5, 0.6) is 0 Å². The lowest BCUT2D eigenvalue weighted by molar-refractivity contribution is -0.122. The number of hydrogen-bond acceptors (Lipinski definition) is 4. The number of amides is 3. The molecule has 0 saturated heterocycles. The van der Waals surface area contributed by atoms with E-state index in [0.29, 0.717) is 18.8 Å². The molecule has 21 heavy (non-hydrogen) atoms. The van der Waals surface area contributed by atoms with E-state index in [1.165, 1.54) is 18.3 Å². The number of aromatic nitrogens is 1. The molecule has 1 aromatic rings. The van der Waals surface area contributed by atoms with Crippen molar-refractivity contribution in [1.82, 2.24) is 15.6 Å². The Balaban J connectivity index is 1.66. The second-order valence-corrected chi connectivity index (χ2v) is 4.68. The third kappa shape index (κ3) is 4.75. The fourth-order valence-corrected chi connectivity index (χ4v) is 1.62. The lowest BCUT2D eigenvalue weighted by atomic mass is 10.3. The summed E-state index contributed by atoms with van der Waals surface area (Å²) in [6, 6.07) is 2.30. The first-order valence-electron chi connectivity index (χ1n) is 6.58. The number of pyridine rings is 1. The smallest absolute Gasteiger partial charge is 0.354 e. The minimum absolute atomic E-state index is 0.0330. The summed E-state index contributed by atoms with van der Waals surface area (Å²) in [5.41, 5.74) is 0.295. The van der Waals surface area contributed by atoms with Crippen molar-refractivity contribution in [3.8, 4) is 0 Å². The Kier molecular flexibility index (Phi) is 4.70. The summed E-state index contributed by atoms with van der Waals surface area (Å²) in [5, 5.41) is 16.5. The van der Waals surface area contributed by atoms with Crippen molar-refractivity contribution in [1.29, 1.82) is 0 Å². The van der Waals surface area contributed by atoms with Crippen molar-refractivity contribution in [3.05, 3.63) is 24.0 Å². The fourth-order valence-electron chi connectivity index (χ4n) is 1.62. The maximum Gasteiger partial charge on any atom is 0.354 e. The quantitative estimate of drug-likeness (QED) is 0.567. The zero-order valence-electron chi connectivity index (χ0n) is 11.3. The topological polar surface area (TPSA) is 120 Å². The van der Waals surface area contributed by atoms with Gasteiger partial charge in [0.25, 0.3) is 0 Å². The molecule has 3 amide bonds. The average molecular weight is 292 g/mol. The Bertz CT molecular complexity index is 540. The van der Waals surface area contributed by atoms with Gasteiger partial charge in [0.15, 0.2) is 0 Å². The fraction of sp³-hybridized carbons (Fsp3) is 0.385. The number of anilines is 1. The molecule has 0 aliphatic heterocycles. The molecule has 1 fully saturated rings. The maximum absolute atomic E-state index is 11.5. The molecule has 0 spiro atoms. The highest BCUT2D eigenvalue weighted by atomic mass is 16.4. The molecule has 1 aromatic heterocycles. The molecule has 0 bridgehead atoms. The first kappa shape index (κ1) is 14.8. The highest BCUT2D eigenvalue weighted by molar-refractivity contribution is 5.90. The number of aromatic carboxylic acids is 1. The zero-order chi connectivity index (χ0) is 15.2. The first-order valence-corrected chi connectivity index (χ1v) is 6.58. The summed E-state index contributed by atoms with van der Waals surface area (Å²) in [6.45, 7) is 0.684. The van der Waals surface area contributed by atoms with E-state index in [0.717, 1.165) is 12.8 Å². The maximum atomic E-state index is 11.5. The van der Waals surface area contributed by atoms with E-state index in [4.69, 9.17) is 5.11 Å². The van der Waals surface area contributed by atoms with Gasteiger partial charge in [-0.1, -0.05) is 0 Å². The molecular formula is C13H16N4O4. The van der Waals surface area contributed by atoms with Crippen molar-refractivity contribution in [2.24, 2.45) is 5.92 Å². The van der Waals surface area contributed by atoms with Crippen molar-refractivity contribution in [3.63, 3.8) is 0 Å². The standard InChI is InChI=1S/C13H16N4O4/c18-11(8-1-2-8)14-5-6-15-13(21)17-9-3-4-10(12(19)20)16-7-9/h3-4,7-8H,1-2,5-6H2,(H,14,18)(H,19,20)(H2,15,17,21). The monoisotopic (exact) mass is 292 g/mol. The number of carboxylic acid groups (broad SMARTS) is 1. The summed E-state index contributed by atoms with van der Waals surface area (Å²) in [5.74, 6) is -0.944. The second kappa shape index (κ2) is 6.69. The molecule has 4 N–H and O–H groups in total. The van der Waals surface area contributed by atoms with Crippen LogP contribution in [0.3, 0.4) is 0 Å². The SMILES string of the molecule is O=C(NCCNC(=O)C1CC1)Nc1ccc(C(=O)O)nc1. The number of nitrogens with one attached hydrogen (secondary N) is 3. The Morgan fingerprint density at radius 3 is 2.48 bits per heavy atom. The van der Waals surface area contributed by atoms with E-state index in [1.807, 2.05) is 0 Å². The van der Waals surface area contributed by atoms with Gasteiger partial charge in [-0.05, 0) is 25.0 Å². The van der Waals surface area contributed by atoms with Crippen molar-refractivity contribution in [2.45, 2.75) is 12.8 Å². The molecule has 0 aromatic carbocycles. The van der Waals surface area contributed by atoms with E-state index >= 15 is 0 Å². The van der Waals surface area contributed by atoms with E-state index in [1.54, 1.807) is 0 Å². The third-order valence-corrected chi connectivity index (χ3v) is 2.90. The van der Waals surface area contributed by atoms with Gasteiger partial charge in [-0.15, -0.1) is 0 Å². The van der Waals surface area contributed by atoms with Crippen LogP contribution < -0.4 is 16.0 Å². The van der Waals surface area contributed by atoms with Crippen LogP contribution >= 0.6 is 0 Å². The van der Waals surface area contributed by atoms with E-state index in [9.17, 15) is 14.4 Å². The number of nitrogens with zero attached hydrogens (tertiary/aromatic N) is 1. The van der Waals surface area contributed by atoms with Crippen LogP contribution in [0.2, 0.25) is 0 Å². The Morgan fingerprint density at radius 2 is 1.90 bits per heavy atom. The number of hydrogen-bond donors (Lipinski definition) is 4. The lowest BCUT2D eigenvalue weighted by Gasteiger charge is -2.08. The van der Waals surface area contributed by atoms with Gasteiger partial charge in [-0.2, -0.15) is 0 Å². The van der Waals surface area contributed by atoms with Crippen molar-refractivity contribution < 1.29 is 19.5 Å². The van der Waals surface area contributed by atoms with Crippen molar-refractivity contribution >= 4 is 23.6 Å². The van der Waals surface area contributed by atoms with Gasteiger partial charge in [0.1, 0.15) is 5.69 Å². The molecule has 1 heterocycles. The Morgan fingerprint density at radius 1 is 1.19 bits per heavy atom. The van der Waals surface area contributed by atoms with Gasteiger partial charge in [-0.3, -0.25) is 4.79 Å². The van der Waals surface area contributed by atoms with Crippen LogP contribution in [0.1, 0.15) is 23.3 Å². The van der Waals surface area contributed by atoms with Gasteiger partial charge in [0.05, 0.1) is 11.9 Å². The molecule has 112 valence electrons. The van der Waals surface area contributed by atoms with Gasteiger partial charge in [0.2, 0.25) is 5.91 Å². The number of rotatable bonds is 6. The number of carbonyl (C=O) groups is 3. The number of urea groups is 1. The van der Waals surface area contributed by atoms with Crippen LogP contribution in [0.15, 0.2) is 18.3 Å². The van der Waals surface area contributed by atoms with Crippen LogP contribution in [0, 0.1) is 5.92 Å². The molecule has 1 aliphatic carbocycles. The predicted molar refractivity (Wildman–Crippen MR) is 74.0 cm³/mol. The summed E-state index contributed by atoms with van der Waals surface area (Å²) in [7, 11) is 0. The highest BCUT2D eigenvalue weighted by Crippen LogP contribution is 2.28. The largest absolute Gasteiger partial charge is 0.477 e. The molecule has 8 nitrogen and oxygen atoms in total. The molecular weight excluding hydrogens is 276 g/mol. The summed E-state index contributed by atoms with van der Waals surface area (Å²) >= 11 is 0. The molecule has 0 unspecified atom stereocenters. The molecule has 0 radical (unpaired) electrons. The molecule has 1 aliphatic rings. The molecule has 0 atom stereocenters. The summed E-state index contributed by atoms with van der Waals surface area (Å²) in [4.78, 5) is 37.2. The van der Waals surface area contributed by atoms with Crippen molar-refractivity contribution in [2.75, 3.05) is 18.4 Å². The average Bonchev–Trinajstić information content (AvgIpc) is 3.28. The first-order chi connectivity index (χ1) is 10.1. The summed E-state index contributed by atoms with van der Waals surface area (Å²) in [6.07, 6.45) is 3.15. The van der Waals surface area contributed by atoms with Gasteiger partial charge < -0.3 is 21.1 Å². The summed E-state index contributed by atoms with van der Waals surface area (Å²) < 4.78 is 0. The Hall–Kier alpha value is -2.64. The third-order valence-electron chi connectivity index (χ3n) is 2.90. The molecule has 2 rings (SSSR count). The predicted octanol–water partition coefficient (Wildman–Crippen LogP) is 0.427. The lowest BCUT2D eigenvalue weighted by Crippen LogP contribution is -2.37. The van der Waals surface area contributed by atoms with Crippen LogP contribution in [-0.2, 0) is 4.79 Å². The number of carbonyl (C=O) groups excluding carboxylic acids is 2. The normalized spacial score (nSPS) is 13.3. The minimum atomic E-state index is -1.13. The van der Waals surface area contributed by atoms with Gasteiger partial charge >= 0.3 is 12.0 Å². The van der Waals surface area contributed by atoms with E-state index in [2.05, 4.69) is 20.9 Å². The van der Waals surface area contributed by atoms with Crippen LogP contribution in [0.4, 0.5) is 10.5 Å². The zero-order valence-corrected chi connectivity index (χ0v) is 11.3. The minimum Gasteiger partial charge on any atom is -0.477 e. The highest BCUT2D eigenvalue weighted by Gasteiger charge is 2.28. The van der Waals surface area contributed by atoms with Gasteiger partial charge in [0, 0.05) is 19.0 Å². The molecule has 8 heteroatoms. The van der Waals surface area contributed by atoms with Gasteiger partial charge in [-0.25, -0.2) is 14.6 Å². The number of carboxylic acids is 1.